The van der Waals surface area contributed by atoms with E-state index in [2.05, 4.69) is 42.5 Å². The van der Waals surface area contributed by atoms with E-state index in [0.717, 1.165) is 8.95 Å². The summed E-state index contributed by atoms with van der Waals surface area (Å²) in [7, 11) is 0. The summed E-state index contributed by atoms with van der Waals surface area (Å²) in [5.41, 5.74) is 0.995. The van der Waals surface area contributed by atoms with Gasteiger partial charge in [0, 0.05) is 14.5 Å². The van der Waals surface area contributed by atoms with Crippen LogP contribution < -0.4 is 10.6 Å². The van der Waals surface area contributed by atoms with Gasteiger partial charge in [-0.1, -0.05) is 28.1 Å². The molecule has 0 saturated carbocycles. The Balaban J connectivity index is 1.73. The number of rotatable bonds is 6. The molecule has 0 radical (unpaired) electrons. The number of halogens is 2. The normalized spacial score (nSPS) is 10.0. The highest BCUT2D eigenvalue weighted by Crippen LogP contribution is 2.20. The molecule has 2 amide bonds. The largest absolute Gasteiger partial charge is 0.454 e. The summed E-state index contributed by atoms with van der Waals surface area (Å²) < 4.78 is 6.40. The van der Waals surface area contributed by atoms with E-state index in [4.69, 9.17) is 4.74 Å². The van der Waals surface area contributed by atoms with E-state index in [9.17, 15) is 14.4 Å². The predicted molar refractivity (Wildman–Crippen MR) is 100 cm³/mol. The fourth-order valence-corrected chi connectivity index (χ4v) is 2.45. The summed E-state index contributed by atoms with van der Waals surface area (Å²) in [5.74, 6) is -1.57. The Bertz CT molecular complexity index is 778. The zero-order valence-electron chi connectivity index (χ0n) is 12.9. The van der Waals surface area contributed by atoms with Crippen molar-refractivity contribution in [3.63, 3.8) is 0 Å². The van der Waals surface area contributed by atoms with Crippen molar-refractivity contribution in [3.05, 3.63) is 63.0 Å². The van der Waals surface area contributed by atoms with Crippen molar-refractivity contribution in [3.8, 4) is 0 Å². The number of para-hydroxylation sites is 1. The Hall–Kier alpha value is -2.19. The molecule has 0 bridgehead atoms. The van der Waals surface area contributed by atoms with Crippen molar-refractivity contribution in [1.29, 1.82) is 0 Å². The molecule has 130 valence electrons. The van der Waals surface area contributed by atoms with Crippen LogP contribution in [0.1, 0.15) is 10.4 Å². The van der Waals surface area contributed by atoms with E-state index in [0.29, 0.717) is 11.3 Å². The van der Waals surface area contributed by atoms with Gasteiger partial charge < -0.3 is 15.4 Å². The third kappa shape index (κ3) is 6.32. The van der Waals surface area contributed by atoms with Crippen molar-refractivity contribution in [2.24, 2.45) is 0 Å². The van der Waals surface area contributed by atoms with E-state index in [1.807, 2.05) is 6.07 Å². The van der Waals surface area contributed by atoms with Gasteiger partial charge in [-0.05, 0) is 52.3 Å². The van der Waals surface area contributed by atoms with Crippen LogP contribution >= 0.6 is 31.9 Å². The molecule has 0 aromatic heterocycles. The first-order valence-corrected chi connectivity index (χ1v) is 8.78. The molecule has 0 unspecified atom stereocenters. The molecule has 6 nitrogen and oxygen atoms in total. The molecule has 0 aliphatic carbocycles. The monoisotopic (exact) mass is 468 g/mol. The standard InChI is InChI=1S/C17H14Br2N2O4/c18-12-7-5-11(6-8-12)17(24)20-9-16(23)25-10-15(22)21-14-4-2-1-3-13(14)19/h1-8H,9-10H2,(H,20,24)(H,21,22). The van der Waals surface area contributed by atoms with Crippen LogP contribution in [0.15, 0.2) is 57.5 Å². The first-order chi connectivity index (χ1) is 12.0. The maximum Gasteiger partial charge on any atom is 0.325 e. The Morgan fingerprint density at radius 3 is 2.32 bits per heavy atom. The topological polar surface area (TPSA) is 84.5 Å². The van der Waals surface area contributed by atoms with Crippen LogP contribution in [0.5, 0.6) is 0 Å². The average Bonchev–Trinajstić information content (AvgIpc) is 2.60. The third-order valence-electron chi connectivity index (χ3n) is 3.01. The van der Waals surface area contributed by atoms with Gasteiger partial charge in [0.2, 0.25) is 0 Å². The first kappa shape index (κ1) is 19.1. The minimum atomic E-state index is -0.701. The lowest BCUT2D eigenvalue weighted by Crippen LogP contribution is -2.32. The first-order valence-electron chi connectivity index (χ1n) is 7.19. The van der Waals surface area contributed by atoms with Crippen LogP contribution in [0.3, 0.4) is 0 Å². The molecular formula is C17H14Br2N2O4. The fourth-order valence-electron chi connectivity index (χ4n) is 1.80. The number of nitrogens with one attached hydrogen (secondary N) is 2. The van der Waals surface area contributed by atoms with E-state index in [-0.39, 0.29) is 6.54 Å². The number of esters is 1. The molecule has 0 fully saturated rings. The number of benzene rings is 2. The van der Waals surface area contributed by atoms with Crippen molar-refractivity contribution in [1.82, 2.24) is 5.32 Å². The van der Waals surface area contributed by atoms with Gasteiger partial charge in [0.1, 0.15) is 6.54 Å². The summed E-state index contributed by atoms with van der Waals surface area (Å²) in [5, 5.41) is 5.04. The zero-order chi connectivity index (χ0) is 18.2. The van der Waals surface area contributed by atoms with Gasteiger partial charge in [-0.3, -0.25) is 14.4 Å². The van der Waals surface area contributed by atoms with Gasteiger partial charge in [0.25, 0.3) is 11.8 Å². The van der Waals surface area contributed by atoms with Crippen LogP contribution in [-0.4, -0.2) is 30.9 Å². The molecule has 0 aliphatic heterocycles. The smallest absolute Gasteiger partial charge is 0.325 e. The van der Waals surface area contributed by atoms with E-state index < -0.39 is 24.4 Å². The van der Waals surface area contributed by atoms with E-state index >= 15 is 0 Å². The number of hydrogen-bond acceptors (Lipinski definition) is 4. The number of hydrogen-bond donors (Lipinski definition) is 2. The predicted octanol–water partition coefficient (Wildman–Crippen LogP) is 3.12. The van der Waals surface area contributed by atoms with Crippen molar-refractivity contribution < 1.29 is 19.1 Å². The molecule has 2 N–H and O–H groups in total. The zero-order valence-corrected chi connectivity index (χ0v) is 16.1. The highest BCUT2D eigenvalue weighted by molar-refractivity contribution is 9.10. The summed E-state index contributed by atoms with van der Waals surface area (Å²) >= 11 is 6.57. The molecule has 2 aromatic rings. The second kappa shape index (κ2) is 9.33. The summed E-state index contributed by atoms with van der Waals surface area (Å²) in [6, 6.07) is 13.8. The molecule has 0 atom stereocenters. The molecular weight excluding hydrogens is 456 g/mol. The number of anilines is 1. The molecule has 0 aliphatic rings. The maximum atomic E-state index is 11.9. The number of carbonyl (C=O) groups excluding carboxylic acids is 3. The average molecular weight is 470 g/mol. The van der Waals surface area contributed by atoms with Crippen molar-refractivity contribution >= 4 is 55.3 Å². The van der Waals surface area contributed by atoms with Crippen LogP contribution in [0.25, 0.3) is 0 Å². The fraction of sp³-hybridized carbons (Fsp3) is 0.118. The van der Waals surface area contributed by atoms with Crippen molar-refractivity contribution in [2.75, 3.05) is 18.5 Å². The lowest BCUT2D eigenvalue weighted by atomic mass is 10.2. The summed E-state index contributed by atoms with van der Waals surface area (Å²) in [6.07, 6.45) is 0. The van der Waals surface area contributed by atoms with Crippen LogP contribution in [0.2, 0.25) is 0 Å². The van der Waals surface area contributed by atoms with Crippen molar-refractivity contribution in [2.45, 2.75) is 0 Å². The second-order valence-electron chi connectivity index (χ2n) is 4.88. The van der Waals surface area contributed by atoms with E-state index in [1.54, 1.807) is 42.5 Å². The minimum Gasteiger partial charge on any atom is -0.454 e. The lowest BCUT2D eigenvalue weighted by Gasteiger charge is -2.08. The molecule has 0 saturated heterocycles. The quantitative estimate of drug-likeness (QED) is 0.636. The van der Waals surface area contributed by atoms with Gasteiger partial charge in [0.05, 0.1) is 5.69 Å². The summed E-state index contributed by atoms with van der Waals surface area (Å²) in [6.45, 7) is -0.758. The minimum absolute atomic E-state index is 0.322. The maximum absolute atomic E-state index is 11.9. The number of carbonyl (C=O) groups is 3. The van der Waals surface area contributed by atoms with Gasteiger partial charge >= 0.3 is 5.97 Å². The molecule has 0 spiro atoms. The Kier molecular flexibility index (Phi) is 7.15. The molecule has 0 heterocycles. The number of ether oxygens (including phenoxy) is 1. The van der Waals surface area contributed by atoms with Crippen LogP contribution in [0, 0.1) is 0 Å². The Labute approximate surface area is 161 Å². The highest BCUT2D eigenvalue weighted by Gasteiger charge is 2.11. The van der Waals surface area contributed by atoms with Crippen LogP contribution in [0.4, 0.5) is 5.69 Å². The van der Waals surface area contributed by atoms with Crippen LogP contribution in [-0.2, 0) is 14.3 Å². The van der Waals surface area contributed by atoms with E-state index in [1.165, 1.54) is 0 Å². The highest BCUT2D eigenvalue weighted by atomic mass is 79.9. The van der Waals surface area contributed by atoms with Gasteiger partial charge in [-0.15, -0.1) is 0 Å². The SMILES string of the molecule is O=C(COC(=O)CNC(=O)c1ccc(Br)cc1)Nc1ccccc1Br. The second-order valence-corrected chi connectivity index (χ2v) is 6.65. The van der Waals surface area contributed by atoms with Gasteiger partial charge in [0.15, 0.2) is 6.61 Å². The molecule has 25 heavy (non-hydrogen) atoms. The lowest BCUT2D eigenvalue weighted by molar-refractivity contribution is -0.146. The molecule has 8 heteroatoms. The Morgan fingerprint density at radius 1 is 0.960 bits per heavy atom. The third-order valence-corrected chi connectivity index (χ3v) is 4.23. The molecule has 2 aromatic carbocycles. The Morgan fingerprint density at radius 2 is 1.64 bits per heavy atom. The van der Waals surface area contributed by atoms with Gasteiger partial charge in [-0.2, -0.15) is 0 Å². The van der Waals surface area contributed by atoms with Gasteiger partial charge in [-0.25, -0.2) is 0 Å². The number of amides is 2. The molecule has 2 rings (SSSR count). The summed E-state index contributed by atoms with van der Waals surface area (Å²) in [4.78, 5) is 35.2.